The van der Waals surface area contributed by atoms with E-state index < -0.39 is 0 Å². The summed E-state index contributed by atoms with van der Waals surface area (Å²) in [6.45, 7) is 6.67. The molecule has 1 aromatic heterocycles. The molecule has 0 aliphatic heterocycles. The van der Waals surface area contributed by atoms with Crippen LogP contribution in [0.5, 0.6) is 0 Å². The fourth-order valence-electron chi connectivity index (χ4n) is 3.00. The number of H-pyrrole nitrogens is 1. The van der Waals surface area contributed by atoms with E-state index in [0.717, 1.165) is 51.6 Å². The van der Waals surface area contributed by atoms with Crippen molar-refractivity contribution in [3.05, 3.63) is 35.5 Å². The number of nitrogens with zero attached hydrogens (tertiary/aromatic N) is 2. The predicted molar refractivity (Wildman–Crippen MR) is 126 cm³/mol. The van der Waals surface area contributed by atoms with E-state index in [1.807, 2.05) is 7.05 Å². The van der Waals surface area contributed by atoms with Gasteiger partial charge in [0, 0.05) is 64.0 Å². The number of halogens is 1. The quantitative estimate of drug-likeness (QED) is 0.209. The molecule has 2 aromatic rings. The summed E-state index contributed by atoms with van der Waals surface area (Å²) in [6, 6.07) is 6.55. The van der Waals surface area contributed by atoms with E-state index in [1.54, 1.807) is 7.11 Å². The Labute approximate surface area is 180 Å². The molecule has 2 rings (SSSR count). The van der Waals surface area contributed by atoms with Crippen LogP contribution in [0, 0.1) is 6.92 Å². The summed E-state index contributed by atoms with van der Waals surface area (Å²) >= 11 is 0. The maximum Gasteiger partial charge on any atom is 0.191 e. The lowest BCUT2D eigenvalue weighted by molar-refractivity contribution is 0.180. The largest absolute Gasteiger partial charge is 0.385 e. The van der Waals surface area contributed by atoms with Crippen molar-refractivity contribution >= 4 is 40.8 Å². The predicted octanol–water partition coefficient (Wildman–Crippen LogP) is 2.77. The molecule has 0 fully saturated rings. The molecule has 0 radical (unpaired) electrons. The molecule has 0 aliphatic carbocycles. The second-order valence-corrected chi connectivity index (χ2v) is 6.69. The molecule has 0 aliphatic rings. The molecule has 0 bridgehead atoms. The van der Waals surface area contributed by atoms with Crippen LogP contribution in [0.3, 0.4) is 0 Å². The zero-order chi connectivity index (χ0) is 18.8. The van der Waals surface area contributed by atoms with Gasteiger partial charge in [-0.25, -0.2) is 0 Å². The molecule has 152 valence electrons. The van der Waals surface area contributed by atoms with Gasteiger partial charge in [0.25, 0.3) is 0 Å². The molecular weight excluding hydrogens is 453 g/mol. The fourth-order valence-corrected chi connectivity index (χ4v) is 3.00. The highest BCUT2D eigenvalue weighted by Crippen LogP contribution is 2.19. The number of guanidine groups is 1. The molecule has 0 saturated heterocycles. The van der Waals surface area contributed by atoms with Crippen molar-refractivity contribution in [2.24, 2.45) is 4.99 Å². The van der Waals surface area contributed by atoms with Crippen LogP contribution in [0.1, 0.15) is 17.5 Å². The van der Waals surface area contributed by atoms with Gasteiger partial charge in [-0.1, -0.05) is 12.1 Å². The van der Waals surface area contributed by atoms with Crippen LogP contribution in [-0.4, -0.2) is 69.8 Å². The highest BCUT2D eigenvalue weighted by atomic mass is 127. The Morgan fingerprint density at radius 2 is 2.00 bits per heavy atom. The molecule has 0 saturated carbocycles. The summed E-state index contributed by atoms with van der Waals surface area (Å²) in [7, 11) is 5.69. The van der Waals surface area contributed by atoms with Crippen molar-refractivity contribution in [2.45, 2.75) is 19.8 Å². The van der Waals surface area contributed by atoms with Gasteiger partial charge >= 0.3 is 0 Å². The number of fused-ring (bicyclic) bond motifs is 1. The first kappa shape index (κ1) is 23.7. The number of likely N-dealkylation sites (N-methyl/N-ethyl adjacent to an activating group) is 1. The molecule has 3 N–H and O–H groups in total. The number of aromatic nitrogens is 1. The summed E-state index contributed by atoms with van der Waals surface area (Å²) in [4.78, 5) is 9.96. The fraction of sp³-hybridized carbons (Fsp3) is 0.550. The Morgan fingerprint density at radius 3 is 2.74 bits per heavy atom. The monoisotopic (exact) mass is 487 g/mol. The minimum Gasteiger partial charge on any atom is -0.385 e. The van der Waals surface area contributed by atoms with Crippen LogP contribution >= 0.6 is 24.0 Å². The number of hydrogen-bond acceptors (Lipinski definition) is 3. The minimum absolute atomic E-state index is 0. The first-order valence-corrected chi connectivity index (χ1v) is 9.32. The maximum absolute atomic E-state index is 5.09. The van der Waals surface area contributed by atoms with Crippen LogP contribution in [0.15, 0.2) is 29.4 Å². The highest BCUT2D eigenvalue weighted by molar-refractivity contribution is 14.0. The van der Waals surface area contributed by atoms with Crippen LogP contribution < -0.4 is 10.6 Å². The van der Waals surface area contributed by atoms with Gasteiger partial charge < -0.3 is 25.3 Å². The summed E-state index contributed by atoms with van der Waals surface area (Å²) in [5.41, 5.74) is 3.82. The summed E-state index contributed by atoms with van der Waals surface area (Å²) in [6.07, 6.45) is 4.13. The number of methoxy groups -OCH3 is 1. The van der Waals surface area contributed by atoms with Crippen molar-refractivity contribution in [3.8, 4) is 0 Å². The van der Waals surface area contributed by atoms with Crippen molar-refractivity contribution in [2.75, 3.05) is 54.0 Å². The van der Waals surface area contributed by atoms with Gasteiger partial charge in [0.05, 0.1) is 0 Å². The molecule has 0 unspecified atom stereocenters. The number of hydrogen-bond donors (Lipinski definition) is 3. The molecule has 1 aromatic carbocycles. The van der Waals surface area contributed by atoms with E-state index in [4.69, 9.17) is 4.74 Å². The normalized spacial score (nSPS) is 11.7. The third-order valence-electron chi connectivity index (χ3n) is 4.51. The minimum atomic E-state index is 0. The van der Waals surface area contributed by atoms with E-state index in [0.29, 0.717) is 0 Å². The van der Waals surface area contributed by atoms with Crippen molar-refractivity contribution < 1.29 is 4.74 Å². The standard InChI is InChI=1S/C20H33N5O.HI/c1-16-6-7-18-17(15-24-19(18)14-16)8-9-22-20(21-2)23-10-12-25(3)11-5-13-26-4;/h6-7,14-15,24H,5,8-13H2,1-4H3,(H2,21,22,23);1H. The number of aliphatic imine (C=N–C) groups is 1. The van der Waals surface area contributed by atoms with E-state index in [9.17, 15) is 0 Å². The van der Waals surface area contributed by atoms with Gasteiger partial charge in [-0.2, -0.15) is 0 Å². The van der Waals surface area contributed by atoms with Gasteiger partial charge in [0.15, 0.2) is 5.96 Å². The lowest BCUT2D eigenvalue weighted by atomic mass is 10.1. The smallest absolute Gasteiger partial charge is 0.191 e. The van der Waals surface area contributed by atoms with E-state index in [-0.39, 0.29) is 24.0 Å². The summed E-state index contributed by atoms with van der Waals surface area (Å²) in [5.74, 6) is 0.853. The average Bonchev–Trinajstić information content (AvgIpc) is 3.02. The summed E-state index contributed by atoms with van der Waals surface area (Å²) in [5, 5.41) is 8.07. The highest BCUT2D eigenvalue weighted by Gasteiger charge is 2.05. The van der Waals surface area contributed by atoms with Gasteiger partial charge in [0.2, 0.25) is 0 Å². The van der Waals surface area contributed by atoms with Crippen molar-refractivity contribution in [3.63, 3.8) is 0 Å². The molecule has 6 nitrogen and oxygen atoms in total. The number of aryl methyl sites for hydroxylation is 1. The van der Waals surface area contributed by atoms with E-state index in [2.05, 4.69) is 63.9 Å². The third-order valence-corrected chi connectivity index (χ3v) is 4.51. The Hall–Kier alpha value is -1.32. The van der Waals surface area contributed by atoms with Gasteiger partial charge in [-0.05, 0) is 44.0 Å². The Morgan fingerprint density at radius 1 is 1.22 bits per heavy atom. The number of nitrogens with one attached hydrogen (secondary N) is 3. The van der Waals surface area contributed by atoms with Crippen LogP contribution in [0.25, 0.3) is 10.9 Å². The topological polar surface area (TPSA) is 64.7 Å². The maximum atomic E-state index is 5.09. The first-order chi connectivity index (χ1) is 12.6. The van der Waals surface area contributed by atoms with E-state index in [1.165, 1.54) is 22.0 Å². The number of benzene rings is 1. The van der Waals surface area contributed by atoms with Crippen LogP contribution in [0.4, 0.5) is 0 Å². The lowest BCUT2D eigenvalue weighted by Gasteiger charge is -2.18. The number of ether oxygens (including phenoxy) is 1. The van der Waals surface area contributed by atoms with Gasteiger partial charge in [-0.15, -0.1) is 24.0 Å². The van der Waals surface area contributed by atoms with Crippen LogP contribution in [-0.2, 0) is 11.2 Å². The molecule has 27 heavy (non-hydrogen) atoms. The average molecular weight is 487 g/mol. The molecule has 0 spiro atoms. The molecule has 7 heteroatoms. The SMILES string of the molecule is CN=C(NCCc1c[nH]c2cc(C)ccc12)NCCN(C)CCCOC.I. The Balaban J connectivity index is 0.00000364. The Bertz CT molecular complexity index is 701. The third kappa shape index (κ3) is 8.06. The molecular formula is C20H34IN5O. The zero-order valence-electron chi connectivity index (χ0n) is 17.0. The van der Waals surface area contributed by atoms with Crippen molar-refractivity contribution in [1.82, 2.24) is 20.5 Å². The Kier molecular flexibility index (Phi) is 11.4. The molecule has 0 amide bonds. The van der Waals surface area contributed by atoms with Gasteiger partial charge in [-0.3, -0.25) is 4.99 Å². The van der Waals surface area contributed by atoms with Gasteiger partial charge in [0.1, 0.15) is 0 Å². The number of aromatic amines is 1. The van der Waals surface area contributed by atoms with Crippen molar-refractivity contribution in [1.29, 1.82) is 0 Å². The molecule has 1 heterocycles. The first-order valence-electron chi connectivity index (χ1n) is 9.32. The van der Waals surface area contributed by atoms with Crippen LogP contribution in [0.2, 0.25) is 0 Å². The molecule has 0 atom stereocenters. The second-order valence-electron chi connectivity index (χ2n) is 6.69. The second kappa shape index (κ2) is 13.0. The number of rotatable bonds is 10. The zero-order valence-corrected chi connectivity index (χ0v) is 19.3. The summed E-state index contributed by atoms with van der Waals surface area (Å²) < 4.78 is 5.09. The van der Waals surface area contributed by atoms with E-state index >= 15 is 0 Å². The lowest BCUT2D eigenvalue weighted by Crippen LogP contribution is -2.41.